The van der Waals surface area contributed by atoms with E-state index in [-0.39, 0.29) is 0 Å². The number of aromatic nitrogens is 4. The van der Waals surface area contributed by atoms with Crippen LogP contribution in [0.3, 0.4) is 0 Å². The summed E-state index contributed by atoms with van der Waals surface area (Å²) in [5, 5.41) is 4.43. The predicted molar refractivity (Wildman–Crippen MR) is 205 cm³/mol. The average molecular weight is 659 g/mol. The summed E-state index contributed by atoms with van der Waals surface area (Å²) in [4.78, 5) is 19.9. The van der Waals surface area contributed by atoms with Gasteiger partial charge in [-0.25, -0.2) is 15.0 Å². The molecule has 50 heavy (non-hydrogen) atoms. The lowest BCUT2D eigenvalue weighted by atomic mass is 9.99. The minimum Gasteiger partial charge on any atom is -0.456 e. The molecule has 0 spiro atoms. The van der Waals surface area contributed by atoms with E-state index < -0.39 is 0 Å². The van der Waals surface area contributed by atoms with Crippen molar-refractivity contribution in [2.24, 2.45) is 0 Å². The number of thiophene rings is 1. The Kier molecular flexibility index (Phi) is 6.60. The molecule has 0 saturated carbocycles. The fourth-order valence-electron chi connectivity index (χ4n) is 6.82. The molecule has 0 atom stereocenters. The highest BCUT2D eigenvalue weighted by molar-refractivity contribution is 7.26. The third-order valence-electron chi connectivity index (χ3n) is 9.23. The lowest BCUT2D eigenvalue weighted by molar-refractivity contribution is 0.669. The maximum absolute atomic E-state index is 6.43. The zero-order valence-electron chi connectivity index (χ0n) is 26.6. The Morgan fingerprint density at radius 3 is 2.00 bits per heavy atom. The van der Waals surface area contributed by atoms with Crippen molar-refractivity contribution in [2.75, 3.05) is 0 Å². The van der Waals surface area contributed by atoms with Crippen molar-refractivity contribution in [2.45, 2.75) is 0 Å². The van der Waals surface area contributed by atoms with Crippen molar-refractivity contribution in [1.29, 1.82) is 0 Å². The molecule has 10 rings (SSSR count). The highest BCUT2D eigenvalue weighted by Gasteiger charge is 2.20. The van der Waals surface area contributed by atoms with E-state index in [0.29, 0.717) is 17.5 Å². The Morgan fingerprint density at radius 2 is 1.14 bits per heavy atom. The molecule has 0 bridgehead atoms. The van der Waals surface area contributed by atoms with Crippen LogP contribution in [0.15, 0.2) is 162 Å². The first-order chi connectivity index (χ1) is 24.8. The standard InChI is InChI=1S/C44H26N4OS/c1-2-10-29(11-3-1)42-46-43(48-44(47-42)34-15-8-13-32-31-12-4-5-18-39(31)50-41(32)34)33-14-9-17-38-40(33)35-26-30(23-24-37(35)49-38)27-19-21-28(22-20-27)36-16-6-7-25-45-36/h1-26H. The predicted octanol–water partition coefficient (Wildman–Crippen LogP) is 11.9. The summed E-state index contributed by atoms with van der Waals surface area (Å²) >= 11 is 1.77. The zero-order valence-corrected chi connectivity index (χ0v) is 27.4. The fourth-order valence-corrected chi connectivity index (χ4v) is 8.03. The van der Waals surface area contributed by atoms with Crippen molar-refractivity contribution in [3.63, 3.8) is 0 Å². The topological polar surface area (TPSA) is 64.7 Å². The van der Waals surface area contributed by atoms with Gasteiger partial charge < -0.3 is 4.42 Å². The molecule has 5 nitrogen and oxygen atoms in total. The van der Waals surface area contributed by atoms with Crippen molar-refractivity contribution in [1.82, 2.24) is 19.9 Å². The van der Waals surface area contributed by atoms with E-state index in [2.05, 4.69) is 96.0 Å². The van der Waals surface area contributed by atoms with E-state index in [4.69, 9.17) is 19.4 Å². The maximum Gasteiger partial charge on any atom is 0.165 e. The minimum absolute atomic E-state index is 0.602. The van der Waals surface area contributed by atoms with E-state index in [1.54, 1.807) is 11.3 Å². The van der Waals surface area contributed by atoms with Crippen LogP contribution in [0.1, 0.15) is 0 Å². The summed E-state index contributed by atoms with van der Waals surface area (Å²) in [6.45, 7) is 0. The quantitative estimate of drug-likeness (QED) is 0.184. The van der Waals surface area contributed by atoms with E-state index in [1.165, 1.54) is 15.5 Å². The molecule has 6 heteroatoms. The van der Waals surface area contributed by atoms with E-state index in [0.717, 1.165) is 65.7 Å². The second-order valence-corrected chi connectivity index (χ2v) is 13.3. The van der Waals surface area contributed by atoms with E-state index >= 15 is 0 Å². The van der Waals surface area contributed by atoms with Crippen LogP contribution in [0, 0.1) is 0 Å². The maximum atomic E-state index is 6.43. The Morgan fingerprint density at radius 1 is 0.440 bits per heavy atom. The third-order valence-corrected chi connectivity index (χ3v) is 10.4. The lowest BCUT2D eigenvalue weighted by Crippen LogP contribution is -2.00. The summed E-state index contributed by atoms with van der Waals surface area (Å²) in [7, 11) is 0. The van der Waals surface area contributed by atoms with Gasteiger partial charge in [0, 0.05) is 59.4 Å². The first-order valence-corrected chi connectivity index (χ1v) is 17.3. The molecule has 0 amide bonds. The average Bonchev–Trinajstić information content (AvgIpc) is 3.77. The number of pyridine rings is 1. The smallest absolute Gasteiger partial charge is 0.165 e. The number of benzene rings is 6. The van der Waals surface area contributed by atoms with Gasteiger partial charge in [0.1, 0.15) is 11.2 Å². The summed E-state index contributed by atoms with van der Waals surface area (Å²) in [6, 6.07) is 52.0. The normalized spacial score (nSPS) is 11.6. The van der Waals surface area contributed by atoms with Crippen molar-refractivity contribution in [3.05, 3.63) is 158 Å². The summed E-state index contributed by atoms with van der Waals surface area (Å²) < 4.78 is 8.83. The molecule has 0 aliphatic rings. The van der Waals surface area contributed by atoms with Crippen LogP contribution < -0.4 is 0 Å². The number of rotatable bonds is 5. The highest BCUT2D eigenvalue weighted by Crippen LogP contribution is 2.41. The van der Waals surface area contributed by atoms with Crippen LogP contribution in [-0.2, 0) is 0 Å². The molecule has 0 fully saturated rings. The van der Waals surface area contributed by atoms with Crippen LogP contribution in [-0.4, -0.2) is 19.9 Å². The Balaban J connectivity index is 1.16. The summed E-state index contributed by atoms with van der Waals surface area (Å²) in [5.74, 6) is 1.87. The van der Waals surface area contributed by atoms with Gasteiger partial charge in [0.15, 0.2) is 17.5 Å². The SMILES string of the molecule is c1ccc(-c2nc(-c3cccc4c3sc3ccccc34)nc(-c3cccc4oc5ccc(-c6ccc(-c7ccccn7)cc6)cc5c34)n2)cc1. The minimum atomic E-state index is 0.602. The molecular formula is C44H26N4OS. The third kappa shape index (κ3) is 4.77. The molecule has 10 aromatic rings. The molecular weight excluding hydrogens is 633 g/mol. The van der Waals surface area contributed by atoms with Gasteiger partial charge in [-0.05, 0) is 53.6 Å². The largest absolute Gasteiger partial charge is 0.456 e. The molecule has 0 aliphatic carbocycles. The molecule has 0 saturated heterocycles. The summed E-state index contributed by atoms with van der Waals surface area (Å²) in [6.07, 6.45) is 1.82. The Hall–Kier alpha value is -6.50. The van der Waals surface area contributed by atoms with Crippen LogP contribution in [0.5, 0.6) is 0 Å². The number of nitrogens with zero attached hydrogens (tertiary/aromatic N) is 4. The monoisotopic (exact) mass is 658 g/mol. The number of hydrogen-bond donors (Lipinski definition) is 0. The number of furan rings is 1. The van der Waals surface area contributed by atoms with Crippen LogP contribution in [0.4, 0.5) is 0 Å². The van der Waals surface area contributed by atoms with Crippen LogP contribution in [0.2, 0.25) is 0 Å². The molecule has 4 heterocycles. The van der Waals surface area contributed by atoms with Gasteiger partial charge in [0.2, 0.25) is 0 Å². The zero-order chi connectivity index (χ0) is 33.0. The van der Waals surface area contributed by atoms with Crippen molar-refractivity contribution >= 4 is 53.4 Å². The second-order valence-electron chi connectivity index (χ2n) is 12.2. The molecule has 234 valence electrons. The van der Waals surface area contributed by atoms with Gasteiger partial charge in [-0.2, -0.15) is 0 Å². The molecule has 6 aromatic carbocycles. The Bertz CT molecular complexity index is 2860. The van der Waals surface area contributed by atoms with Gasteiger partial charge in [0.05, 0.1) is 5.69 Å². The van der Waals surface area contributed by atoms with Gasteiger partial charge in [0.25, 0.3) is 0 Å². The van der Waals surface area contributed by atoms with E-state index in [9.17, 15) is 0 Å². The first kappa shape index (κ1) is 28.5. The molecule has 0 N–H and O–H groups in total. The Labute approximate surface area is 291 Å². The van der Waals surface area contributed by atoms with E-state index in [1.807, 2.05) is 66.9 Å². The van der Waals surface area contributed by atoms with Gasteiger partial charge in [-0.3, -0.25) is 4.98 Å². The molecule has 0 unspecified atom stereocenters. The van der Waals surface area contributed by atoms with Gasteiger partial charge in [-0.1, -0.05) is 109 Å². The number of fused-ring (bicyclic) bond motifs is 6. The number of hydrogen-bond acceptors (Lipinski definition) is 6. The van der Waals surface area contributed by atoms with Crippen molar-refractivity contribution in [3.8, 4) is 56.5 Å². The fraction of sp³-hybridized carbons (Fsp3) is 0. The lowest BCUT2D eigenvalue weighted by Gasteiger charge is -2.10. The molecule has 0 radical (unpaired) electrons. The molecule has 4 aromatic heterocycles. The highest BCUT2D eigenvalue weighted by atomic mass is 32.1. The van der Waals surface area contributed by atoms with Crippen LogP contribution >= 0.6 is 11.3 Å². The van der Waals surface area contributed by atoms with Crippen molar-refractivity contribution < 1.29 is 4.42 Å². The van der Waals surface area contributed by atoms with Gasteiger partial charge in [-0.15, -0.1) is 11.3 Å². The summed E-state index contributed by atoms with van der Waals surface area (Å²) in [5.41, 5.74) is 8.67. The van der Waals surface area contributed by atoms with Crippen LogP contribution in [0.25, 0.3) is 98.7 Å². The second kappa shape index (κ2) is 11.6. The first-order valence-electron chi connectivity index (χ1n) is 16.5. The molecule has 0 aliphatic heterocycles. The van der Waals surface area contributed by atoms with Gasteiger partial charge >= 0.3 is 0 Å².